The highest BCUT2D eigenvalue weighted by atomic mass is 127. The Balaban J connectivity index is 0.00000225. The first-order chi connectivity index (χ1) is 11.8. The van der Waals surface area contributed by atoms with Gasteiger partial charge in [0.15, 0.2) is 5.96 Å². The van der Waals surface area contributed by atoms with E-state index in [0.717, 1.165) is 45.2 Å². The maximum absolute atomic E-state index is 4.48. The van der Waals surface area contributed by atoms with Crippen LogP contribution in [0, 0.1) is 0 Å². The molecule has 1 fully saturated rings. The lowest BCUT2D eigenvalue weighted by Gasteiger charge is -2.36. The number of piperazine rings is 1. The van der Waals surface area contributed by atoms with Gasteiger partial charge in [0.2, 0.25) is 0 Å². The molecule has 3 rings (SSSR count). The van der Waals surface area contributed by atoms with E-state index in [0.29, 0.717) is 5.92 Å². The smallest absolute Gasteiger partial charge is 0.193 e. The number of halogens is 1. The van der Waals surface area contributed by atoms with Gasteiger partial charge in [-0.05, 0) is 22.9 Å². The predicted molar refractivity (Wildman–Crippen MR) is 121 cm³/mol. The summed E-state index contributed by atoms with van der Waals surface area (Å²) < 4.78 is 0. The predicted octanol–water partition coefficient (Wildman–Crippen LogP) is 3.92. The third-order valence-electron chi connectivity index (χ3n) is 4.44. The van der Waals surface area contributed by atoms with Crippen LogP contribution in [-0.4, -0.2) is 55.5 Å². The van der Waals surface area contributed by atoms with E-state index in [9.17, 15) is 0 Å². The topological polar surface area (TPSA) is 30.9 Å². The van der Waals surface area contributed by atoms with Crippen LogP contribution in [0.15, 0.2) is 40.0 Å². The van der Waals surface area contributed by atoms with Gasteiger partial charge in [0.05, 0.1) is 0 Å². The molecule has 0 amide bonds. The highest BCUT2D eigenvalue weighted by Gasteiger charge is 2.20. The van der Waals surface area contributed by atoms with Gasteiger partial charge in [0.1, 0.15) is 0 Å². The Hall–Kier alpha value is -0.640. The number of nitrogens with zero attached hydrogens (tertiary/aromatic N) is 3. The first-order valence-electron chi connectivity index (χ1n) is 8.50. The van der Waals surface area contributed by atoms with Crippen molar-refractivity contribution >= 4 is 52.6 Å². The van der Waals surface area contributed by atoms with Crippen molar-refractivity contribution in [3.63, 3.8) is 0 Å². The first-order valence-corrected chi connectivity index (χ1v) is 10.3. The second kappa shape index (κ2) is 10.5. The maximum Gasteiger partial charge on any atom is 0.193 e. The zero-order valence-electron chi connectivity index (χ0n) is 14.9. The summed E-state index contributed by atoms with van der Waals surface area (Å²) in [4.78, 5) is 12.3. The van der Waals surface area contributed by atoms with Crippen molar-refractivity contribution < 1.29 is 0 Å². The van der Waals surface area contributed by atoms with E-state index in [1.165, 1.54) is 9.75 Å². The van der Waals surface area contributed by atoms with E-state index in [1.807, 2.05) is 29.7 Å². The molecule has 7 heteroatoms. The molecule has 4 nitrogen and oxygen atoms in total. The Morgan fingerprint density at radius 1 is 1.16 bits per heavy atom. The molecule has 3 heterocycles. The summed E-state index contributed by atoms with van der Waals surface area (Å²) in [5.74, 6) is 1.55. The molecule has 1 aliphatic heterocycles. The van der Waals surface area contributed by atoms with Gasteiger partial charge >= 0.3 is 0 Å². The average Bonchev–Trinajstić information content (AvgIpc) is 3.30. The zero-order valence-corrected chi connectivity index (χ0v) is 18.8. The lowest BCUT2D eigenvalue weighted by atomic mass is 10.1. The van der Waals surface area contributed by atoms with Crippen molar-refractivity contribution in [3.8, 4) is 0 Å². The molecule has 2 aromatic heterocycles. The molecule has 0 aromatic carbocycles. The number of aliphatic imine (C=N–C) groups is 1. The summed E-state index contributed by atoms with van der Waals surface area (Å²) in [5, 5.41) is 7.86. The Morgan fingerprint density at radius 3 is 2.48 bits per heavy atom. The fourth-order valence-electron chi connectivity index (χ4n) is 2.99. The summed E-state index contributed by atoms with van der Waals surface area (Å²) >= 11 is 3.68. The summed E-state index contributed by atoms with van der Waals surface area (Å²) in [6, 6.07) is 8.70. The minimum Gasteiger partial charge on any atom is -0.356 e. The number of hydrogen-bond acceptors (Lipinski definition) is 4. The van der Waals surface area contributed by atoms with Gasteiger partial charge in [0.25, 0.3) is 0 Å². The molecule has 1 atom stereocenters. The van der Waals surface area contributed by atoms with Crippen molar-refractivity contribution in [3.05, 3.63) is 44.8 Å². The summed E-state index contributed by atoms with van der Waals surface area (Å²) in [6.45, 7) is 8.55. The molecule has 1 saturated heterocycles. The highest BCUT2D eigenvalue weighted by molar-refractivity contribution is 14.0. The monoisotopic (exact) mass is 490 g/mol. The van der Waals surface area contributed by atoms with E-state index in [4.69, 9.17) is 0 Å². The van der Waals surface area contributed by atoms with Crippen LogP contribution in [0.2, 0.25) is 0 Å². The van der Waals surface area contributed by atoms with Gasteiger partial charge in [0, 0.05) is 62.0 Å². The number of thiophene rings is 2. The van der Waals surface area contributed by atoms with E-state index in [1.54, 1.807) is 0 Å². The van der Waals surface area contributed by atoms with Gasteiger partial charge in [-0.25, -0.2) is 0 Å². The van der Waals surface area contributed by atoms with E-state index >= 15 is 0 Å². The van der Waals surface area contributed by atoms with Gasteiger partial charge in [-0.15, -0.1) is 46.7 Å². The van der Waals surface area contributed by atoms with Crippen LogP contribution in [0.1, 0.15) is 22.6 Å². The number of nitrogens with one attached hydrogen (secondary N) is 1. The lowest BCUT2D eigenvalue weighted by Crippen LogP contribution is -2.52. The molecule has 1 aliphatic rings. The van der Waals surface area contributed by atoms with Gasteiger partial charge in [-0.2, -0.15) is 0 Å². The largest absolute Gasteiger partial charge is 0.356 e. The minimum absolute atomic E-state index is 0. The number of rotatable bonds is 5. The third-order valence-corrected chi connectivity index (χ3v) is 6.40. The van der Waals surface area contributed by atoms with Crippen LogP contribution in [0.4, 0.5) is 0 Å². The Morgan fingerprint density at radius 2 is 1.88 bits per heavy atom. The molecule has 25 heavy (non-hydrogen) atoms. The molecule has 1 N–H and O–H groups in total. The second-order valence-electron chi connectivity index (χ2n) is 6.19. The van der Waals surface area contributed by atoms with Crippen LogP contribution >= 0.6 is 46.7 Å². The Kier molecular flexibility index (Phi) is 8.68. The molecule has 0 radical (unpaired) electrons. The molecular weight excluding hydrogens is 463 g/mol. The van der Waals surface area contributed by atoms with Gasteiger partial charge in [-0.1, -0.05) is 19.1 Å². The van der Waals surface area contributed by atoms with E-state index in [-0.39, 0.29) is 24.0 Å². The molecule has 0 bridgehead atoms. The molecule has 1 unspecified atom stereocenters. The number of guanidine groups is 1. The van der Waals surface area contributed by atoms with Crippen LogP contribution in [-0.2, 0) is 6.54 Å². The Labute approximate surface area is 176 Å². The molecule has 2 aromatic rings. The van der Waals surface area contributed by atoms with Crippen molar-refractivity contribution in [2.24, 2.45) is 4.99 Å². The van der Waals surface area contributed by atoms with Crippen LogP contribution in [0.5, 0.6) is 0 Å². The standard InChI is InChI=1S/C18H26N4S2.HI/c1-15(17-6-4-12-24-17)13-20-18(19-2)22-9-7-21(8-10-22)14-16-5-3-11-23-16;/h3-6,11-12,15H,7-10,13-14H2,1-2H3,(H,19,20);1H. The van der Waals surface area contributed by atoms with Gasteiger partial charge in [-0.3, -0.25) is 9.89 Å². The zero-order chi connectivity index (χ0) is 16.8. The van der Waals surface area contributed by atoms with E-state index < -0.39 is 0 Å². The average molecular weight is 490 g/mol. The van der Waals surface area contributed by atoms with Crippen molar-refractivity contribution in [2.45, 2.75) is 19.4 Å². The second-order valence-corrected chi connectivity index (χ2v) is 8.20. The fraction of sp³-hybridized carbons (Fsp3) is 0.500. The van der Waals surface area contributed by atoms with E-state index in [2.05, 4.69) is 62.1 Å². The minimum atomic E-state index is 0. The summed E-state index contributed by atoms with van der Waals surface area (Å²) in [7, 11) is 1.89. The Bertz CT molecular complexity index is 620. The molecule has 0 aliphatic carbocycles. The lowest BCUT2D eigenvalue weighted by molar-refractivity contribution is 0.173. The third kappa shape index (κ3) is 5.94. The van der Waals surface area contributed by atoms with Crippen LogP contribution in [0.25, 0.3) is 0 Å². The summed E-state index contributed by atoms with van der Waals surface area (Å²) in [6.07, 6.45) is 0. The molecular formula is C18H27IN4S2. The SMILES string of the molecule is CN=C(NCC(C)c1cccs1)N1CCN(Cc2cccs2)CC1.I. The quantitative estimate of drug-likeness (QED) is 0.392. The normalized spacial score (nSPS) is 17.2. The van der Waals surface area contributed by atoms with Gasteiger partial charge < -0.3 is 10.2 Å². The van der Waals surface area contributed by atoms with Crippen molar-refractivity contribution in [1.82, 2.24) is 15.1 Å². The maximum atomic E-state index is 4.48. The highest BCUT2D eigenvalue weighted by Crippen LogP contribution is 2.20. The fourth-order valence-corrected chi connectivity index (χ4v) is 4.52. The first kappa shape index (κ1) is 20.7. The van der Waals surface area contributed by atoms with Crippen LogP contribution < -0.4 is 5.32 Å². The molecule has 0 spiro atoms. The van der Waals surface area contributed by atoms with Crippen LogP contribution in [0.3, 0.4) is 0 Å². The van der Waals surface area contributed by atoms with Crippen molar-refractivity contribution in [1.29, 1.82) is 0 Å². The summed E-state index contributed by atoms with van der Waals surface area (Å²) in [5.41, 5.74) is 0. The number of hydrogen-bond donors (Lipinski definition) is 1. The molecule has 0 saturated carbocycles. The van der Waals surface area contributed by atoms with Crippen molar-refractivity contribution in [2.75, 3.05) is 39.8 Å². The molecule has 138 valence electrons.